The van der Waals surface area contributed by atoms with Gasteiger partial charge in [-0.15, -0.1) is 0 Å². The lowest BCUT2D eigenvalue weighted by molar-refractivity contribution is 0.208. The molecule has 160 valence electrons. The number of benzene rings is 2. The molecule has 0 saturated heterocycles. The lowest BCUT2D eigenvalue weighted by atomic mass is 9.98. The van der Waals surface area contributed by atoms with E-state index in [9.17, 15) is 8.42 Å². The smallest absolute Gasteiger partial charge is 0.232 e. The number of nitrogens with zero attached hydrogens (tertiary/aromatic N) is 4. The molecule has 0 radical (unpaired) electrons. The summed E-state index contributed by atoms with van der Waals surface area (Å²) in [6.07, 6.45) is 8.61. The van der Waals surface area contributed by atoms with E-state index >= 15 is 0 Å². The summed E-state index contributed by atoms with van der Waals surface area (Å²) in [4.78, 5) is 4.38. The summed E-state index contributed by atoms with van der Waals surface area (Å²) < 4.78 is 32.9. The third-order valence-corrected chi connectivity index (χ3v) is 6.36. The number of anilines is 1. The van der Waals surface area contributed by atoms with Crippen molar-refractivity contribution in [2.45, 2.75) is 0 Å². The maximum atomic E-state index is 12.4. The van der Waals surface area contributed by atoms with Gasteiger partial charge in [0.2, 0.25) is 10.0 Å². The van der Waals surface area contributed by atoms with Gasteiger partial charge in [-0.25, -0.2) is 8.42 Å². The summed E-state index contributed by atoms with van der Waals surface area (Å²) in [6, 6.07) is 13.8. The lowest BCUT2D eigenvalue weighted by Crippen LogP contribution is -2.32. The van der Waals surface area contributed by atoms with Crippen molar-refractivity contribution in [2.75, 3.05) is 30.8 Å². The summed E-state index contributed by atoms with van der Waals surface area (Å²) in [5.41, 5.74) is 4.68. The Morgan fingerprint density at radius 3 is 2.39 bits per heavy atom. The minimum absolute atomic E-state index is 0.251. The zero-order chi connectivity index (χ0) is 22.0. The summed E-state index contributed by atoms with van der Waals surface area (Å²) in [6.45, 7) is 0.561. The zero-order valence-electron chi connectivity index (χ0n) is 17.7. The number of methoxy groups -OCH3 is 1. The first-order valence-electron chi connectivity index (χ1n) is 9.81. The molecule has 2 aromatic heterocycles. The van der Waals surface area contributed by atoms with Gasteiger partial charge in [0.05, 0.1) is 31.3 Å². The van der Waals surface area contributed by atoms with Gasteiger partial charge >= 0.3 is 0 Å². The van der Waals surface area contributed by atoms with E-state index in [1.807, 2.05) is 49.9 Å². The van der Waals surface area contributed by atoms with Crippen molar-refractivity contribution in [1.29, 1.82) is 0 Å². The Bertz CT molecular complexity index is 1310. The first kappa shape index (κ1) is 21.0. The Morgan fingerprint density at radius 2 is 1.74 bits per heavy atom. The summed E-state index contributed by atoms with van der Waals surface area (Å²) in [5.74, 6) is 0. The van der Waals surface area contributed by atoms with E-state index in [0.717, 1.165) is 33.0 Å². The van der Waals surface area contributed by atoms with E-state index in [1.165, 1.54) is 10.6 Å². The number of hydrogen-bond donors (Lipinski definition) is 0. The van der Waals surface area contributed by atoms with Gasteiger partial charge in [-0.2, -0.15) is 5.10 Å². The summed E-state index contributed by atoms with van der Waals surface area (Å²) in [7, 11) is 0.00706. The fourth-order valence-electron chi connectivity index (χ4n) is 3.61. The van der Waals surface area contributed by atoms with Crippen LogP contribution in [-0.4, -0.2) is 49.7 Å². The van der Waals surface area contributed by atoms with Crippen LogP contribution in [0.5, 0.6) is 0 Å². The molecule has 4 rings (SSSR count). The quantitative estimate of drug-likeness (QED) is 0.441. The molecule has 0 aliphatic carbocycles. The van der Waals surface area contributed by atoms with Gasteiger partial charge in [0, 0.05) is 49.3 Å². The average Bonchev–Trinajstić information content (AvgIpc) is 3.19. The molecule has 0 bridgehead atoms. The fourth-order valence-corrected chi connectivity index (χ4v) is 4.51. The van der Waals surface area contributed by atoms with Crippen LogP contribution in [0.2, 0.25) is 0 Å². The van der Waals surface area contributed by atoms with Crippen LogP contribution >= 0.6 is 0 Å². The molecule has 0 N–H and O–H groups in total. The number of rotatable bonds is 7. The molecule has 7 nitrogen and oxygen atoms in total. The van der Waals surface area contributed by atoms with Gasteiger partial charge in [-0.3, -0.25) is 14.0 Å². The first-order valence-corrected chi connectivity index (χ1v) is 11.7. The first-order chi connectivity index (χ1) is 14.9. The van der Waals surface area contributed by atoms with Crippen molar-refractivity contribution in [3.8, 4) is 22.3 Å². The second-order valence-electron chi connectivity index (χ2n) is 7.40. The van der Waals surface area contributed by atoms with Gasteiger partial charge in [-0.05, 0) is 28.6 Å². The molecule has 0 spiro atoms. The van der Waals surface area contributed by atoms with Crippen LogP contribution in [0.3, 0.4) is 0 Å². The normalized spacial score (nSPS) is 11.7. The Labute approximate surface area is 182 Å². The van der Waals surface area contributed by atoms with Crippen molar-refractivity contribution >= 4 is 26.5 Å². The Hall–Kier alpha value is -3.23. The summed E-state index contributed by atoms with van der Waals surface area (Å²) >= 11 is 0. The maximum Gasteiger partial charge on any atom is 0.232 e. The second-order valence-corrected chi connectivity index (χ2v) is 9.31. The molecule has 0 saturated carbocycles. The number of pyridine rings is 1. The molecule has 2 heterocycles. The van der Waals surface area contributed by atoms with Crippen LogP contribution < -0.4 is 4.31 Å². The third kappa shape index (κ3) is 4.45. The largest absolute Gasteiger partial charge is 0.383 e. The van der Waals surface area contributed by atoms with Crippen molar-refractivity contribution in [1.82, 2.24) is 14.8 Å². The van der Waals surface area contributed by atoms with Crippen LogP contribution in [0.15, 0.2) is 67.3 Å². The highest BCUT2D eigenvalue weighted by Gasteiger charge is 2.18. The monoisotopic (exact) mass is 436 g/mol. The molecule has 0 aliphatic rings. The molecule has 0 fully saturated rings. The standard InChI is InChI=1S/C23H24N4O3S/c1-26-16-20(14-25-26)17-4-6-18(7-5-17)23-15-24-13-19-8-9-21(12-22(19)23)27(10-11-30-2)31(3,28)29/h4-9,12-16H,10-11H2,1-3H3. The van der Waals surface area contributed by atoms with Crippen molar-refractivity contribution in [3.63, 3.8) is 0 Å². The highest BCUT2D eigenvalue weighted by Crippen LogP contribution is 2.32. The average molecular weight is 437 g/mol. The lowest BCUT2D eigenvalue weighted by Gasteiger charge is -2.22. The molecule has 0 unspecified atom stereocenters. The highest BCUT2D eigenvalue weighted by molar-refractivity contribution is 7.92. The Kier molecular flexibility index (Phi) is 5.75. The van der Waals surface area contributed by atoms with Crippen LogP contribution in [0.1, 0.15) is 0 Å². The number of ether oxygens (including phenoxy) is 1. The van der Waals surface area contributed by atoms with E-state index in [1.54, 1.807) is 24.1 Å². The van der Waals surface area contributed by atoms with Crippen LogP contribution in [0.25, 0.3) is 33.0 Å². The molecule has 0 amide bonds. The van der Waals surface area contributed by atoms with E-state index < -0.39 is 10.0 Å². The molecule has 4 aromatic rings. The predicted molar refractivity (Wildman–Crippen MR) is 123 cm³/mol. The summed E-state index contributed by atoms with van der Waals surface area (Å²) in [5, 5.41) is 6.11. The Morgan fingerprint density at radius 1 is 1.00 bits per heavy atom. The molecular weight excluding hydrogens is 412 g/mol. The van der Waals surface area contributed by atoms with Crippen molar-refractivity contribution in [3.05, 3.63) is 67.3 Å². The molecule has 0 atom stereocenters. The van der Waals surface area contributed by atoms with Crippen LogP contribution in [0.4, 0.5) is 5.69 Å². The molecule has 2 aromatic carbocycles. The van der Waals surface area contributed by atoms with E-state index in [4.69, 9.17) is 4.74 Å². The van der Waals surface area contributed by atoms with Crippen molar-refractivity contribution in [2.24, 2.45) is 7.05 Å². The number of fused-ring (bicyclic) bond motifs is 1. The topological polar surface area (TPSA) is 77.3 Å². The van der Waals surface area contributed by atoms with Crippen LogP contribution in [0, 0.1) is 0 Å². The van der Waals surface area contributed by atoms with Gasteiger partial charge in [-0.1, -0.05) is 30.3 Å². The predicted octanol–water partition coefficient (Wildman–Crippen LogP) is 3.71. The molecule has 31 heavy (non-hydrogen) atoms. The molecule has 8 heteroatoms. The van der Waals surface area contributed by atoms with Crippen LogP contribution in [-0.2, 0) is 21.8 Å². The van der Waals surface area contributed by atoms with Crippen molar-refractivity contribution < 1.29 is 13.2 Å². The van der Waals surface area contributed by atoms with E-state index in [0.29, 0.717) is 12.3 Å². The van der Waals surface area contributed by atoms with E-state index in [-0.39, 0.29) is 6.54 Å². The Balaban J connectivity index is 1.77. The third-order valence-electron chi connectivity index (χ3n) is 5.17. The minimum Gasteiger partial charge on any atom is -0.383 e. The number of hydrogen-bond acceptors (Lipinski definition) is 5. The van der Waals surface area contributed by atoms with E-state index in [2.05, 4.69) is 22.2 Å². The number of aromatic nitrogens is 3. The molecule has 0 aliphatic heterocycles. The highest BCUT2D eigenvalue weighted by atomic mass is 32.2. The number of sulfonamides is 1. The molecular formula is C23H24N4O3S. The maximum absolute atomic E-state index is 12.4. The second kappa shape index (κ2) is 8.49. The fraction of sp³-hybridized carbons (Fsp3) is 0.217. The van der Waals surface area contributed by atoms with Gasteiger partial charge in [0.25, 0.3) is 0 Å². The van der Waals surface area contributed by atoms with Gasteiger partial charge in [0.1, 0.15) is 0 Å². The number of aryl methyl sites for hydroxylation is 1. The van der Waals surface area contributed by atoms with Gasteiger partial charge < -0.3 is 4.74 Å². The van der Waals surface area contributed by atoms with Gasteiger partial charge in [0.15, 0.2) is 0 Å². The minimum atomic E-state index is -3.44. The zero-order valence-corrected chi connectivity index (χ0v) is 18.5. The SMILES string of the molecule is COCCN(c1ccc2cncc(-c3ccc(-c4cnn(C)c4)cc3)c2c1)S(C)(=O)=O.